The SMILES string of the molecule is CC1(C)c2ccccc2-c2c1cc(-c1c3ccccc3c(-c3ccc4cc5c(cc4c3)C3(c4ccccc4-c4ccccc43)c3ccc4ccccc4c3-5)c3ccccc13)c1ccccc21. The lowest BCUT2D eigenvalue weighted by atomic mass is 9.70. The molecular formula is C66H42. The zero-order valence-corrected chi connectivity index (χ0v) is 36.8. The minimum absolute atomic E-state index is 0.128. The Morgan fingerprint density at radius 1 is 0.242 bits per heavy atom. The molecule has 3 aliphatic carbocycles. The lowest BCUT2D eigenvalue weighted by molar-refractivity contribution is 0.661. The van der Waals surface area contributed by atoms with Crippen molar-refractivity contribution < 1.29 is 0 Å². The van der Waals surface area contributed by atoms with Crippen LogP contribution in [0.5, 0.6) is 0 Å². The molecule has 0 unspecified atom stereocenters. The van der Waals surface area contributed by atoms with Gasteiger partial charge in [-0.2, -0.15) is 0 Å². The molecule has 0 radical (unpaired) electrons. The highest BCUT2D eigenvalue weighted by atomic mass is 14.5. The Kier molecular flexibility index (Phi) is 7.04. The molecular weight excluding hydrogens is 793 g/mol. The maximum atomic E-state index is 2.55. The van der Waals surface area contributed by atoms with Crippen LogP contribution in [0.15, 0.2) is 218 Å². The highest BCUT2D eigenvalue weighted by Crippen LogP contribution is 2.64. The molecule has 0 atom stereocenters. The third kappa shape index (κ3) is 4.44. The van der Waals surface area contributed by atoms with E-state index in [-0.39, 0.29) is 5.41 Å². The molecule has 0 aliphatic heterocycles. The van der Waals surface area contributed by atoms with Crippen LogP contribution in [0.2, 0.25) is 0 Å². The predicted molar refractivity (Wildman–Crippen MR) is 279 cm³/mol. The molecule has 0 fully saturated rings. The van der Waals surface area contributed by atoms with E-state index in [1.54, 1.807) is 0 Å². The van der Waals surface area contributed by atoms with Crippen molar-refractivity contribution in [3.63, 3.8) is 0 Å². The Bertz CT molecular complexity index is 4040. The van der Waals surface area contributed by atoms with E-state index in [0.29, 0.717) is 0 Å². The molecule has 3 aliphatic rings. The van der Waals surface area contributed by atoms with E-state index in [1.807, 2.05) is 0 Å². The number of hydrogen-bond acceptors (Lipinski definition) is 0. The average Bonchev–Trinajstić information content (AvgIpc) is 3.92. The summed E-state index contributed by atoms with van der Waals surface area (Å²) in [6.07, 6.45) is 0. The Hall–Kier alpha value is -8.06. The largest absolute Gasteiger partial charge is 0.0725 e. The molecule has 0 heterocycles. The molecule has 0 heteroatoms. The number of hydrogen-bond donors (Lipinski definition) is 0. The molecule has 15 rings (SSSR count). The van der Waals surface area contributed by atoms with Crippen molar-refractivity contribution in [1.82, 2.24) is 0 Å². The molecule has 0 nitrogen and oxygen atoms in total. The lowest BCUT2D eigenvalue weighted by Crippen LogP contribution is -2.25. The van der Waals surface area contributed by atoms with Gasteiger partial charge >= 0.3 is 0 Å². The fourth-order valence-corrected chi connectivity index (χ4v) is 13.3. The van der Waals surface area contributed by atoms with Gasteiger partial charge in [-0.05, 0) is 167 Å². The molecule has 1 spiro atoms. The summed E-state index contributed by atoms with van der Waals surface area (Å²) in [5.41, 5.74) is 21.0. The topological polar surface area (TPSA) is 0 Å². The van der Waals surface area contributed by atoms with E-state index in [9.17, 15) is 0 Å². The second kappa shape index (κ2) is 12.8. The Morgan fingerprint density at radius 3 is 1.41 bits per heavy atom. The van der Waals surface area contributed by atoms with Gasteiger partial charge in [0.05, 0.1) is 5.41 Å². The van der Waals surface area contributed by atoms with E-state index in [2.05, 4.69) is 232 Å². The van der Waals surface area contributed by atoms with Gasteiger partial charge in [-0.25, -0.2) is 0 Å². The zero-order chi connectivity index (χ0) is 43.5. The molecule has 0 saturated carbocycles. The summed E-state index contributed by atoms with van der Waals surface area (Å²) in [6, 6.07) is 83.3. The minimum atomic E-state index is -0.429. The fourth-order valence-electron chi connectivity index (χ4n) is 13.3. The minimum Gasteiger partial charge on any atom is -0.0619 e. The summed E-state index contributed by atoms with van der Waals surface area (Å²) in [6.45, 7) is 4.80. The van der Waals surface area contributed by atoms with Crippen LogP contribution in [-0.4, -0.2) is 0 Å². The average molecular weight is 835 g/mol. The first-order valence-electron chi connectivity index (χ1n) is 23.4. The smallest absolute Gasteiger partial charge is 0.0619 e. The lowest BCUT2D eigenvalue weighted by Gasteiger charge is -2.30. The van der Waals surface area contributed by atoms with Gasteiger partial charge in [-0.15, -0.1) is 0 Å². The van der Waals surface area contributed by atoms with E-state index >= 15 is 0 Å². The summed E-state index contributed by atoms with van der Waals surface area (Å²) in [4.78, 5) is 0. The summed E-state index contributed by atoms with van der Waals surface area (Å²) in [5, 5.41) is 12.8. The van der Waals surface area contributed by atoms with Crippen molar-refractivity contribution in [3.8, 4) is 55.6 Å². The van der Waals surface area contributed by atoms with Crippen LogP contribution in [0.25, 0.3) is 109 Å². The highest BCUT2D eigenvalue weighted by Gasteiger charge is 2.52. The Balaban J connectivity index is 1.00. The summed E-state index contributed by atoms with van der Waals surface area (Å²) >= 11 is 0. The van der Waals surface area contributed by atoms with Gasteiger partial charge in [-0.3, -0.25) is 0 Å². The first-order valence-corrected chi connectivity index (χ1v) is 23.4. The van der Waals surface area contributed by atoms with Crippen molar-refractivity contribution in [1.29, 1.82) is 0 Å². The summed E-state index contributed by atoms with van der Waals surface area (Å²) in [7, 11) is 0. The van der Waals surface area contributed by atoms with Crippen LogP contribution in [0.1, 0.15) is 47.2 Å². The number of rotatable bonds is 2. The summed E-state index contributed by atoms with van der Waals surface area (Å²) in [5.74, 6) is 0. The fraction of sp³-hybridized carbons (Fsp3) is 0.0606. The molecule has 306 valence electrons. The van der Waals surface area contributed by atoms with Gasteiger partial charge in [0.15, 0.2) is 0 Å². The zero-order valence-electron chi connectivity index (χ0n) is 36.8. The van der Waals surface area contributed by atoms with Crippen molar-refractivity contribution >= 4 is 53.9 Å². The first-order chi connectivity index (χ1) is 32.5. The standard InChI is InChI=1S/C66H42/c1-65(2)55-28-14-13-27-52(55)64-47-22-6-5-19-44(47)53(38-60(64)65)62-50-25-9-7-23-48(50)61(49-24-8-10-26-51(49)62)41-32-31-40-36-54-59(37-42(40)35-41)66(58-34-33-39-17-3-4-18-43(39)63(54)58)56-29-15-11-20-45(56)46-21-12-16-30-57(46)66/h3-38H,1-2H3. The van der Waals surface area contributed by atoms with Gasteiger partial charge < -0.3 is 0 Å². The second-order valence-corrected chi connectivity index (χ2v) is 19.4. The van der Waals surface area contributed by atoms with E-state index < -0.39 is 5.41 Å². The van der Waals surface area contributed by atoms with E-state index in [1.165, 1.54) is 143 Å². The number of benzene rings is 12. The van der Waals surface area contributed by atoms with Gasteiger partial charge in [0, 0.05) is 5.41 Å². The van der Waals surface area contributed by atoms with Crippen LogP contribution in [0.3, 0.4) is 0 Å². The predicted octanol–water partition coefficient (Wildman–Crippen LogP) is 17.4. The molecule has 0 bridgehead atoms. The molecule has 0 saturated heterocycles. The molecule has 12 aromatic carbocycles. The third-order valence-electron chi connectivity index (χ3n) is 16.0. The molecule has 12 aromatic rings. The quantitative estimate of drug-likeness (QED) is 0.152. The molecule has 0 N–H and O–H groups in total. The van der Waals surface area contributed by atoms with E-state index in [4.69, 9.17) is 0 Å². The first kappa shape index (κ1) is 36.3. The van der Waals surface area contributed by atoms with Crippen LogP contribution >= 0.6 is 0 Å². The van der Waals surface area contributed by atoms with Crippen LogP contribution in [-0.2, 0) is 10.8 Å². The monoisotopic (exact) mass is 834 g/mol. The van der Waals surface area contributed by atoms with Crippen LogP contribution in [0.4, 0.5) is 0 Å². The van der Waals surface area contributed by atoms with Crippen LogP contribution in [0, 0.1) is 0 Å². The second-order valence-electron chi connectivity index (χ2n) is 19.4. The van der Waals surface area contributed by atoms with Crippen molar-refractivity contribution in [2.24, 2.45) is 0 Å². The normalized spacial score (nSPS) is 14.5. The maximum absolute atomic E-state index is 2.55. The third-order valence-corrected chi connectivity index (χ3v) is 16.0. The summed E-state index contributed by atoms with van der Waals surface area (Å²) < 4.78 is 0. The molecule has 0 aromatic heterocycles. The van der Waals surface area contributed by atoms with Crippen molar-refractivity contribution in [3.05, 3.63) is 252 Å². The van der Waals surface area contributed by atoms with Gasteiger partial charge in [0.2, 0.25) is 0 Å². The molecule has 66 heavy (non-hydrogen) atoms. The van der Waals surface area contributed by atoms with E-state index in [0.717, 1.165) is 0 Å². The molecule has 0 amide bonds. The van der Waals surface area contributed by atoms with Gasteiger partial charge in [0.1, 0.15) is 0 Å². The van der Waals surface area contributed by atoms with Gasteiger partial charge in [-0.1, -0.05) is 208 Å². The maximum Gasteiger partial charge on any atom is 0.0725 e. The number of fused-ring (bicyclic) bond motifs is 20. The Labute approximate surface area is 384 Å². The Morgan fingerprint density at radius 2 is 0.742 bits per heavy atom. The van der Waals surface area contributed by atoms with Gasteiger partial charge in [0.25, 0.3) is 0 Å². The van der Waals surface area contributed by atoms with Crippen molar-refractivity contribution in [2.45, 2.75) is 24.7 Å². The van der Waals surface area contributed by atoms with Crippen LogP contribution < -0.4 is 0 Å². The highest BCUT2D eigenvalue weighted by molar-refractivity contribution is 6.25. The van der Waals surface area contributed by atoms with Crippen molar-refractivity contribution in [2.75, 3.05) is 0 Å².